The van der Waals surface area contributed by atoms with Crippen molar-refractivity contribution in [3.05, 3.63) is 89.0 Å². The summed E-state index contributed by atoms with van der Waals surface area (Å²) in [6, 6.07) is 11.3. The van der Waals surface area contributed by atoms with Crippen LogP contribution in [0.2, 0.25) is 0 Å². The Morgan fingerprint density at radius 2 is 1.81 bits per heavy atom. The van der Waals surface area contributed by atoms with E-state index in [9.17, 15) is 17.7 Å². The fraction of sp³-hybridized carbons (Fsp3) is 0.0476. The van der Waals surface area contributed by atoms with Crippen LogP contribution in [0.4, 0.5) is 18.9 Å². The van der Waals surface area contributed by atoms with E-state index in [1.807, 2.05) is 0 Å². The molecule has 3 rings (SSSR count). The van der Waals surface area contributed by atoms with Crippen molar-refractivity contribution in [2.45, 2.75) is 11.4 Å². The van der Waals surface area contributed by atoms with Crippen LogP contribution in [0.3, 0.4) is 0 Å². The molecule has 1 aromatic heterocycles. The van der Waals surface area contributed by atoms with Crippen molar-refractivity contribution in [2.24, 2.45) is 10.7 Å². The molecule has 31 heavy (non-hydrogen) atoms. The Balaban J connectivity index is 0.00000341. The van der Waals surface area contributed by atoms with Gasteiger partial charge in [0.05, 0.1) is 22.8 Å². The van der Waals surface area contributed by atoms with Crippen LogP contribution in [0.25, 0.3) is 12.2 Å². The second-order valence-corrected chi connectivity index (χ2v) is 6.66. The maximum absolute atomic E-state index is 14.5. The van der Waals surface area contributed by atoms with Gasteiger partial charge in [-0.3, -0.25) is 4.98 Å². The molecular weight excluding hydrogens is 429 g/mol. The third-order valence-corrected chi connectivity index (χ3v) is 4.61. The molecule has 1 heterocycles. The smallest absolute Gasteiger partial charge is 0.193 e. The minimum atomic E-state index is -0.619. The van der Waals surface area contributed by atoms with Gasteiger partial charge in [-0.05, 0) is 36.4 Å². The first kappa shape index (κ1) is 23.9. The number of pyridine rings is 1. The maximum atomic E-state index is 14.5. The van der Waals surface area contributed by atoms with E-state index in [0.717, 1.165) is 0 Å². The molecule has 10 heteroatoms. The zero-order valence-corrected chi connectivity index (χ0v) is 16.8. The van der Waals surface area contributed by atoms with Crippen LogP contribution >= 0.6 is 12.0 Å². The number of benzene rings is 2. The first-order valence-electron chi connectivity index (χ1n) is 8.72. The van der Waals surface area contributed by atoms with Gasteiger partial charge >= 0.3 is 0 Å². The number of aromatic nitrogens is 1. The summed E-state index contributed by atoms with van der Waals surface area (Å²) in [6.45, 7) is -0.136. The second kappa shape index (κ2) is 11.2. The average molecular weight is 453 g/mol. The van der Waals surface area contributed by atoms with Gasteiger partial charge in [0.25, 0.3) is 0 Å². The van der Waals surface area contributed by atoms with Crippen molar-refractivity contribution in [2.75, 3.05) is 5.32 Å². The lowest BCUT2D eigenvalue weighted by Crippen LogP contribution is -2.24. The van der Waals surface area contributed by atoms with Gasteiger partial charge in [-0.2, -0.15) is 0 Å². The van der Waals surface area contributed by atoms with Crippen LogP contribution in [0, 0.1) is 17.5 Å². The van der Waals surface area contributed by atoms with Crippen molar-refractivity contribution < 1.29 is 26.1 Å². The largest absolute Gasteiger partial charge is 0.412 e. The molecule has 6 nitrogen and oxygen atoms in total. The summed E-state index contributed by atoms with van der Waals surface area (Å²) in [5.74, 6) is -1.75. The topological polar surface area (TPSA) is 115 Å². The van der Waals surface area contributed by atoms with Gasteiger partial charge in [-0.15, -0.1) is 0 Å². The van der Waals surface area contributed by atoms with Crippen LogP contribution in [0.15, 0.2) is 64.6 Å². The Bertz CT molecular complexity index is 1120. The highest BCUT2D eigenvalue weighted by atomic mass is 32.2. The molecule has 0 atom stereocenters. The molecule has 166 valence electrons. The fourth-order valence-electron chi connectivity index (χ4n) is 2.59. The highest BCUT2D eigenvalue weighted by Gasteiger charge is 2.14. The van der Waals surface area contributed by atoms with Crippen molar-refractivity contribution in [1.29, 1.82) is 0 Å². The van der Waals surface area contributed by atoms with Crippen molar-refractivity contribution in [3.8, 4) is 0 Å². The Labute approximate surface area is 183 Å². The van der Waals surface area contributed by atoms with Crippen LogP contribution < -0.4 is 11.1 Å². The van der Waals surface area contributed by atoms with Crippen LogP contribution in [0.5, 0.6) is 0 Å². The quantitative estimate of drug-likeness (QED) is 0.214. The minimum absolute atomic E-state index is 0. The van der Waals surface area contributed by atoms with Crippen molar-refractivity contribution in [3.63, 3.8) is 0 Å². The monoisotopic (exact) mass is 452 g/mol. The van der Waals surface area contributed by atoms with E-state index >= 15 is 0 Å². The highest BCUT2D eigenvalue weighted by molar-refractivity contribution is 7.94. The molecule has 0 radical (unpaired) electrons. The SMILES string of the molecule is NC(=NCc1ncccc1F)Nc1c(SO)ccc(F)c1/C=C/c1ccccc1F.O.[HH].[HH]. The maximum Gasteiger partial charge on any atom is 0.193 e. The van der Waals surface area contributed by atoms with Gasteiger partial charge < -0.3 is 21.1 Å². The van der Waals surface area contributed by atoms with E-state index in [0.29, 0.717) is 12.0 Å². The number of guanidine groups is 1. The average Bonchev–Trinajstić information content (AvgIpc) is 2.74. The number of anilines is 1. The van der Waals surface area contributed by atoms with Gasteiger partial charge in [-0.1, -0.05) is 24.3 Å². The van der Waals surface area contributed by atoms with Gasteiger partial charge in [0.2, 0.25) is 0 Å². The first-order chi connectivity index (χ1) is 14.5. The minimum Gasteiger partial charge on any atom is -0.412 e. The summed E-state index contributed by atoms with van der Waals surface area (Å²) in [6.07, 6.45) is 4.19. The third-order valence-electron chi connectivity index (χ3n) is 4.07. The number of halogens is 3. The van der Waals surface area contributed by atoms with Crippen molar-refractivity contribution in [1.82, 2.24) is 4.98 Å². The molecule has 3 aromatic rings. The zero-order valence-electron chi connectivity index (χ0n) is 16.0. The van der Waals surface area contributed by atoms with E-state index < -0.39 is 17.5 Å². The molecule has 0 fully saturated rings. The molecule has 0 unspecified atom stereocenters. The number of aliphatic imine (C=N–C) groups is 1. The summed E-state index contributed by atoms with van der Waals surface area (Å²) in [5, 5.41) is 2.72. The van der Waals surface area contributed by atoms with Gasteiger partial charge in [0, 0.05) is 32.2 Å². The zero-order chi connectivity index (χ0) is 21.5. The Hall–Kier alpha value is -3.34. The predicted molar refractivity (Wildman–Crippen MR) is 121 cm³/mol. The summed E-state index contributed by atoms with van der Waals surface area (Å²) >= 11 is 0.382. The standard InChI is InChI=1S/C21H17F3N4OS.H2O.2H2/c22-15-5-2-1-4-13(15)7-8-14-16(23)9-10-19(30-29)20(14)28-21(25)27-12-18-17(24)6-3-11-26-18;;;/h1-11,29H,12H2,(H3,25,27,28);1H2;2*1H/b8-7+;;;. The molecule has 0 aliphatic heterocycles. The summed E-state index contributed by atoms with van der Waals surface area (Å²) in [7, 11) is 0. The molecule has 0 saturated heterocycles. The highest BCUT2D eigenvalue weighted by Crippen LogP contribution is 2.32. The lowest BCUT2D eigenvalue weighted by atomic mass is 10.1. The van der Waals surface area contributed by atoms with E-state index in [2.05, 4.69) is 15.3 Å². The number of nitrogens with two attached hydrogens (primary N) is 1. The van der Waals surface area contributed by atoms with E-state index in [4.69, 9.17) is 5.73 Å². The Morgan fingerprint density at radius 1 is 1.06 bits per heavy atom. The number of nitrogens with zero attached hydrogens (tertiary/aromatic N) is 2. The van der Waals surface area contributed by atoms with Gasteiger partial charge in [-0.25, -0.2) is 18.2 Å². The van der Waals surface area contributed by atoms with Gasteiger partial charge in [0.15, 0.2) is 5.96 Å². The molecule has 0 saturated carbocycles. The molecule has 0 spiro atoms. The van der Waals surface area contributed by atoms with E-state index in [-0.39, 0.29) is 48.2 Å². The fourth-order valence-corrected chi connectivity index (χ4v) is 2.97. The second-order valence-electron chi connectivity index (χ2n) is 6.04. The lowest BCUT2D eigenvalue weighted by molar-refractivity contribution is 0.600. The molecule has 0 aliphatic rings. The van der Waals surface area contributed by atoms with E-state index in [1.54, 1.807) is 18.2 Å². The molecule has 6 N–H and O–H groups in total. The molecule has 0 bridgehead atoms. The van der Waals surface area contributed by atoms with Crippen LogP contribution in [-0.4, -0.2) is 21.0 Å². The number of rotatable bonds is 6. The molecule has 2 aromatic carbocycles. The summed E-state index contributed by atoms with van der Waals surface area (Å²) in [4.78, 5) is 8.16. The van der Waals surface area contributed by atoms with E-state index in [1.165, 1.54) is 48.7 Å². The number of hydrogen-bond acceptors (Lipinski definition) is 4. The summed E-state index contributed by atoms with van der Waals surface area (Å²) < 4.78 is 51.6. The Kier molecular flexibility index (Phi) is 8.62. The number of hydrogen-bond donors (Lipinski definition) is 3. The first-order valence-corrected chi connectivity index (χ1v) is 9.49. The molecule has 0 aliphatic carbocycles. The van der Waals surface area contributed by atoms with Crippen LogP contribution in [-0.2, 0) is 6.54 Å². The summed E-state index contributed by atoms with van der Waals surface area (Å²) in [5.41, 5.74) is 6.40. The molecular formula is C21H23F3N4O2S. The Morgan fingerprint density at radius 3 is 2.52 bits per heavy atom. The van der Waals surface area contributed by atoms with Gasteiger partial charge in [0.1, 0.15) is 17.5 Å². The lowest BCUT2D eigenvalue weighted by Gasteiger charge is -2.13. The third kappa shape index (κ3) is 6.07. The molecule has 0 amide bonds. The normalized spacial score (nSPS) is 11.4. The predicted octanol–water partition coefficient (Wildman–Crippen LogP) is 4.83. The van der Waals surface area contributed by atoms with Crippen molar-refractivity contribution >= 4 is 35.8 Å². The van der Waals surface area contributed by atoms with Crippen LogP contribution in [0.1, 0.15) is 19.7 Å². The number of nitrogens with one attached hydrogen (secondary N) is 1.